The van der Waals surface area contributed by atoms with Crippen molar-refractivity contribution in [2.75, 3.05) is 6.54 Å². The van der Waals surface area contributed by atoms with Gasteiger partial charge in [-0.2, -0.15) is 0 Å². The molecule has 0 saturated heterocycles. The molecule has 1 aromatic rings. The number of carbonyl (C=O) groups excluding carboxylic acids is 1. The standard InChI is InChI=1S/C13H18FN3O.ClH/c14-10-5-6-12(16-8-10)13(18)17-11-4-2-1-3-9(11)7-15;/h5-6,8-9,11H,1-4,7,15H2,(H,17,18);1H. The van der Waals surface area contributed by atoms with Crippen LogP contribution in [0.4, 0.5) is 4.39 Å². The molecule has 6 heteroatoms. The number of pyridine rings is 1. The van der Waals surface area contributed by atoms with E-state index in [-0.39, 0.29) is 30.0 Å². The highest BCUT2D eigenvalue weighted by molar-refractivity contribution is 5.92. The van der Waals surface area contributed by atoms with Crippen LogP contribution < -0.4 is 11.1 Å². The summed E-state index contributed by atoms with van der Waals surface area (Å²) < 4.78 is 12.7. The lowest BCUT2D eigenvalue weighted by Gasteiger charge is -2.31. The molecule has 1 fully saturated rings. The van der Waals surface area contributed by atoms with Crippen molar-refractivity contribution < 1.29 is 9.18 Å². The number of halogens is 2. The molecular weight excluding hydrogens is 269 g/mol. The summed E-state index contributed by atoms with van der Waals surface area (Å²) in [7, 11) is 0. The third-order valence-corrected chi connectivity index (χ3v) is 3.49. The first-order valence-corrected chi connectivity index (χ1v) is 6.33. The van der Waals surface area contributed by atoms with Gasteiger partial charge in [0.1, 0.15) is 11.5 Å². The molecule has 0 bridgehead atoms. The molecule has 1 aliphatic rings. The van der Waals surface area contributed by atoms with E-state index in [1.165, 1.54) is 18.6 Å². The highest BCUT2D eigenvalue weighted by Gasteiger charge is 2.25. The van der Waals surface area contributed by atoms with E-state index in [1.54, 1.807) is 0 Å². The van der Waals surface area contributed by atoms with E-state index in [0.717, 1.165) is 25.5 Å². The van der Waals surface area contributed by atoms with Crippen LogP contribution in [0.25, 0.3) is 0 Å². The summed E-state index contributed by atoms with van der Waals surface area (Å²) >= 11 is 0. The maximum atomic E-state index is 12.7. The fraction of sp³-hybridized carbons (Fsp3) is 0.538. The zero-order chi connectivity index (χ0) is 13.0. The van der Waals surface area contributed by atoms with Crippen LogP contribution in [0.1, 0.15) is 36.2 Å². The van der Waals surface area contributed by atoms with Gasteiger partial charge in [-0.25, -0.2) is 9.37 Å². The highest BCUT2D eigenvalue weighted by atomic mass is 35.5. The van der Waals surface area contributed by atoms with Gasteiger partial charge in [-0.1, -0.05) is 12.8 Å². The van der Waals surface area contributed by atoms with Crippen LogP contribution in [0.15, 0.2) is 18.3 Å². The minimum atomic E-state index is -0.441. The second-order valence-corrected chi connectivity index (χ2v) is 4.72. The topological polar surface area (TPSA) is 68.0 Å². The van der Waals surface area contributed by atoms with E-state index < -0.39 is 5.82 Å². The number of amides is 1. The lowest BCUT2D eigenvalue weighted by Crippen LogP contribution is -2.44. The lowest BCUT2D eigenvalue weighted by atomic mass is 9.84. The Labute approximate surface area is 118 Å². The maximum absolute atomic E-state index is 12.7. The summed E-state index contributed by atoms with van der Waals surface area (Å²) in [6.45, 7) is 0.585. The van der Waals surface area contributed by atoms with E-state index in [0.29, 0.717) is 12.5 Å². The molecule has 106 valence electrons. The first-order valence-electron chi connectivity index (χ1n) is 6.33. The minimum absolute atomic E-state index is 0. The van der Waals surface area contributed by atoms with Crippen LogP contribution in [0.3, 0.4) is 0 Å². The van der Waals surface area contributed by atoms with Gasteiger partial charge < -0.3 is 11.1 Å². The molecule has 2 atom stereocenters. The van der Waals surface area contributed by atoms with Crippen molar-refractivity contribution >= 4 is 18.3 Å². The van der Waals surface area contributed by atoms with Crippen molar-refractivity contribution in [3.63, 3.8) is 0 Å². The summed E-state index contributed by atoms with van der Waals surface area (Å²) in [6, 6.07) is 2.75. The predicted octanol–water partition coefficient (Wildman–Crippen LogP) is 1.89. The van der Waals surface area contributed by atoms with E-state index in [2.05, 4.69) is 10.3 Å². The summed E-state index contributed by atoms with van der Waals surface area (Å²) in [5.74, 6) is -0.354. The van der Waals surface area contributed by atoms with Gasteiger partial charge in [0, 0.05) is 6.04 Å². The third kappa shape index (κ3) is 4.14. The fourth-order valence-electron chi connectivity index (χ4n) is 2.43. The molecule has 1 aliphatic carbocycles. The van der Waals surface area contributed by atoms with Crippen molar-refractivity contribution in [2.45, 2.75) is 31.7 Å². The van der Waals surface area contributed by atoms with Crippen molar-refractivity contribution in [1.82, 2.24) is 10.3 Å². The normalized spacial score (nSPS) is 22.4. The van der Waals surface area contributed by atoms with Crippen molar-refractivity contribution in [2.24, 2.45) is 11.7 Å². The van der Waals surface area contributed by atoms with Crippen molar-refractivity contribution in [3.8, 4) is 0 Å². The van der Waals surface area contributed by atoms with E-state index in [4.69, 9.17) is 5.73 Å². The van der Waals surface area contributed by atoms with Gasteiger partial charge in [0.05, 0.1) is 6.20 Å². The van der Waals surface area contributed by atoms with Gasteiger partial charge >= 0.3 is 0 Å². The molecular formula is C13H19ClFN3O. The van der Waals surface area contributed by atoms with E-state index in [1.807, 2.05) is 0 Å². The summed E-state index contributed by atoms with van der Waals surface area (Å²) in [6.07, 6.45) is 5.34. The van der Waals surface area contributed by atoms with Crippen LogP contribution in [0.2, 0.25) is 0 Å². The van der Waals surface area contributed by atoms with E-state index in [9.17, 15) is 9.18 Å². The molecule has 3 N–H and O–H groups in total. The SMILES string of the molecule is Cl.NCC1CCCCC1NC(=O)c1ccc(F)cn1. The summed E-state index contributed by atoms with van der Waals surface area (Å²) in [4.78, 5) is 15.7. The second-order valence-electron chi connectivity index (χ2n) is 4.72. The molecule has 0 aliphatic heterocycles. The molecule has 0 radical (unpaired) electrons. The number of carbonyl (C=O) groups is 1. The molecule has 19 heavy (non-hydrogen) atoms. The van der Waals surface area contributed by atoms with Crippen LogP contribution in [-0.4, -0.2) is 23.5 Å². The Bertz CT molecular complexity index is 413. The molecule has 1 saturated carbocycles. The van der Waals surface area contributed by atoms with Crippen LogP contribution in [0, 0.1) is 11.7 Å². The number of hydrogen-bond donors (Lipinski definition) is 2. The Morgan fingerprint density at radius 2 is 2.16 bits per heavy atom. The Kier molecular flexibility index (Phi) is 6.18. The van der Waals surface area contributed by atoms with Crippen molar-refractivity contribution in [1.29, 1.82) is 0 Å². The first kappa shape index (κ1) is 15.9. The highest BCUT2D eigenvalue weighted by Crippen LogP contribution is 2.23. The predicted molar refractivity (Wildman–Crippen MR) is 73.7 cm³/mol. The molecule has 1 aromatic heterocycles. The van der Waals surface area contributed by atoms with Gasteiger partial charge in [-0.05, 0) is 37.4 Å². The third-order valence-electron chi connectivity index (χ3n) is 3.49. The van der Waals surface area contributed by atoms with Gasteiger partial charge in [-0.15, -0.1) is 12.4 Å². The summed E-state index contributed by atoms with van der Waals surface area (Å²) in [5.41, 5.74) is 5.96. The van der Waals surface area contributed by atoms with Crippen LogP contribution in [0.5, 0.6) is 0 Å². The molecule has 2 rings (SSSR count). The Morgan fingerprint density at radius 1 is 1.42 bits per heavy atom. The minimum Gasteiger partial charge on any atom is -0.348 e. The molecule has 0 spiro atoms. The number of nitrogens with one attached hydrogen (secondary N) is 1. The monoisotopic (exact) mass is 287 g/mol. The average molecular weight is 288 g/mol. The average Bonchev–Trinajstić information content (AvgIpc) is 2.40. The van der Waals surface area contributed by atoms with Crippen LogP contribution >= 0.6 is 12.4 Å². The Balaban J connectivity index is 0.00000180. The zero-order valence-corrected chi connectivity index (χ0v) is 11.5. The molecule has 1 amide bonds. The van der Waals surface area contributed by atoms with Gasteiger partial charge in [0.25, 0.3) is 5.91 Å². The van der Waals surface area contributed by atoms with Gasteiger partial charge in [-0.3, -0.25) is 4.79 Å². The quantitative estimate of drug-likeness (QED) is 0.892. The Morgan fingerprint density at radius 3 is 2.79 bits per heavy atom. The summed E-state index contributed by atoms with van der Waals surface area (Å²) in [5, 5.41) is 2.95. The lowest BCUT2D eigenvalue weighted by molar-refractivity contribution is 0.0903. The molecule has 0 aromatic carbocycles. The first-order chi connectivity index (χ1) is 8.70. The second kappa shape index (κ2) is 7.40. The number of rotatable bonds is 3. The van der Waals surface area contributed by atoms with Gasteiger partial charge in [0.15, 0.2) is 0 Å². The smallest absolute Gasteiger partial charge is 0.270 e. The number of nitrogens with zero attached hydrogens (tertiary/aromatic N) is 1. The Hall–Kier alpha value is -1.20. The fourth-order valence-corrected chi connectivity index (χ4v) is 2.43. The zero-order valence-electron chi connectivity index (χ0n) is 10.6. The molecule has 4 nitrogen and oxygen atoms in total. The molecule has 1 heterocycles. The molecule has 2 unspecified atom stereocenters. The van der Waals surface area contributed by atoms with Gasteiger partial charge in [0.2, 0.25) is 0 Å². The largest absolute Gasteiger partial charge is 0.348 e. The number of nitrogens with two attached hydrogens (primary N) is 1. The van der Waals surface area contributed by atoms with Crippen molar-refractivity contribution in [3.05, 3.63) is 29.8 Å². The number of hydrogen-bond acceptors (Lipinski definition) is 3. The number of aromatic nitrogens is 1. The van der Waals surface area contributed by atoms with Crippen LogP contribution in [-0.2, 0) is 0 Å². The maximum Gasteiger partial charge on any atom is 0.270 e. The van der Waals surface area contributed by atoms with E-state index >= 15 is 0 Å².